The molecule has 0 aliphatic rings. The van der Waals surface area contributed by atoms with E-state index in [4.69, 9.17) is 28.9 Å². The van der Waals surface area contributed by atoms with Gasteiger partial charge < -0.3 is 5.73 Å². The first-order chi connectivity index (χ1) is 7.02. The second kappa shape index (κ2) is 5.02. The highest BCUT2D eigenvalue weighted by Gasteiger charge is 2.21. The van der Waals surface area contributed by atoms with Crippen LogP contribution in [0.3, 0.4) is 0 Å². The van der Waals surface area contributed by atoms with Gasteiger partial charge in [-0.2, -0.15) is 0 Å². The molecule has 0 saturated carbocycles. The van der Waals surface area contributed by atoms with Crippen molar-refractivity contribution in [3.05, 3.63) is 46.5 Å². The van der Waals surface area contributed by atoms with Gasteiger partial charge in [0.15, 0.2) is 0 Å². The van der Waals surface area contributed by atoms with Crippen LogP contribution in [0.5, 0.6) is 0 Å². The van der Waals surface area contributed by atoms with Crippen LogP contribution in [-0.2, 0) is 6.42 Å². The van der Waals surface area contributed by atoms with Crippen molar-refractivity contribution < 1.29 is 0 Å². The monoisotopic (exact) mass is 243 g/mol. The Balaban J connectivity index is 3.03. The molecule has 0 aliphatic carbocycles. The fourth-order valence-corrected chi connectivity index (χ4v) is 1.86. The fourth-order valence-electron chi connectivity index (χ4n) is 1.33. The molecule has 0 aliphatic heterocycles. The molecule has 0 spiro atoms. The van der Waals surface area contributed by atoms with E-state index >= 15 is 0 Å². The summed E-state index contributed by atoms with van der Waals surface area (Å²) in [6, 6.07) is 5.51. The molecule has 1 unspecified atom stereocenters. The van der Waals surface area contributed by atoms with Gasteiger partial charge in [0.25, 0.3) is 0 Å². The molecule has 1 rings (SSSR count). The zero-order chi connectivity index (χ0) is 11.5. The normalized spacial score (nSPS) is 14.7. The van der Waals surface area contributed by atoms with Crippen LogP contribution >= 0.6 is 23.2 Å². The maximum Gasteiger partial charge on any atom is 0.0453 e. The molecule has 1 aromatic rings. The first-order valence-corrected chi connectivity index (χ1v) is 5.54. The predicted octanol–water partition coefficient (Wildman–Crippen LogP) is 3.69. The van der Waals surface area contributed by atoms with E-state index in [0.717, 1.165) is 5.56 Å². The summed E-state index contributed by atoms with van der Waals surface area (Å²) in [5, 5.41) is 1.37. The van der Waals surface area contributed by atoms with Gasteiger partial charge in [-0.15, -0.1) is 6.58 Å². The Hall–Kier alpha value is -0.500. The van der Waals surface area contributed by atoms with E-state index in [2.05, 4.69) is 6.58 Å². The van der Waals surface area contributed by atoms with Gasteiger partial charge >= 0.3 is 0 Å². The molecule has 15 heavy (non-hydrogen) atoms. The molecule has 82 valence electrons. The summed E-state index contributed by atoms with van der Waals surface area (Å²) in [7, 11) is 0. The molecule has 0 aromatic heterocycles. The lowest BCUT2D eigenvalue weighted by atomic mass is 9.84. The van der Waals surface area contributed by atoms with Crippen LogP contribution in [0.1, 0.15) is 12.5 Å². The minimum atomic E-state index is -0.158. The average molecular weight is 244 g/mol. The smallest absolute Gasteiger partial charge is 0.0453 e. The molecule has 1 atom stereocenters. The maximum atomic E-state index is 6.09. The van der Waals surface area contributed by atoms with Crippen LogP contribution in [0.25, 0.3) is 0 Å². The molecule has 0 amide bonds. The highest BCUT2D eigenvalue weighted by molar-refractivity contribution is 6.36. The quantitative estimate of drug-likeness (QED) is 0.803. The van der Waals surface area contributed by atoms with E-state index in [1.54, 1.807) is 0 Å². The Morgan fingerprint density at radius 3 is 2.33 bits per heavy atom. The van der Waals surface area contributed by atoms with Gasteiger partial charge in [-0.05, 0) is 24.1 Å². The Morgan fingerprint density at radius 2 is 1.93 bits per heavy atom. The first-order valence-electron chi connectivity index (χ1n) is 4.79. The minimum absolute atomic E-state index is 0.158. The number of hydrogen-bond acceptors (Lipinski definition) is 1. The lowest BCUT2D eigenvalue weighted by molar-refractivity contribution is 0.439. The summed E-state index contributed by atoms with van der Waals surface area (Å²) < 4.78 is 0. The van der Waals surface area contributed by atoms with Crippen LogP contribution in [0.4, 0.5) is 0 Å². The van der Waals surface area contributed by atoms with E-state index in [0.29, 0.717) is 23.0 Å². The van der Waals surface area contributed by atoms with Gasteiger partial charge in [0.2, 0.25) is 0 Å². The third-order valence-corrected chi connectivity index (χ3v) is 3.31. The standard InChI is InChI=1S/C12H15Cl2N/c1-3-12(2,8-15)7-9-10(13)5-4-6-11(9)14/h3-6H,1,7-8,15H2,2H3. The molecule has 0 saturated heterocycles. The number of nitrogens with two attached hydrogens (primary N) is 1. The van der Waals surface area contributed by atoms with Gasteiger partial charge in [-0.25, -0.2) is 0 Å². The zero-order valence-electron chi connectivity index (χ0n) is 8.76. The third-order valence-electron chi connectivity index (χ3n) is 2.60. The molecule has 1 nitrogen and oxygen atoms in total. The molecular weight excluding hydrogens is 229 g/mol. The fraction of sp³-hybridized carbons (Fsp3) is 0.333. The average Bonchev–Trinajstić information content (AvgIpc) is 2.23. The van der Waals surface area contributed by atoms with Gasteiger partial charge in [0, 0.05) is 22.0 Å². The van der Waals surface area contributed by atoms with Gasteiger partial charge in [0.05, 0.1) is 0 Å². The number of hydrogen-bond donors (Lipinski definition) is 1. The minimum Gasteiger partial charge on any atom is -0.330 e. The van der Waals surface area contributed by atoms with Crippen molar-refractivity contribution >= 4 is 23.2 Å². The van der Waals surface area contributed by atoms with Crippen LogP contribution in [0, 0.1) is 5.41 Å². The van der Waals surface area contributed by atoms with E-state index in [9.17, 15) is 0 Å². The summed E-state index contributed by atoms with van der Waals surface area (Å²) in [6.45, 7) is 6.36. The Bertz CT molecular complexity index is 342. The first kappa shape index (κ1) is 12.6. The Labute approximate surface area is 101 Å². The van der Waals surface area contributed by atoms with E-state index in [-0.39, 0.29) is 5.41 Å². The van der Waals surface area contributed by atoms with Crippen LogP contribution in [0.15, 0.2) is 30.9 Å². The third kappa shape index (κ3) is 2.97. The zero-order valence-corrected chi connectivity index (χ0v) is 10.3. The van der Waals surface area contributed by atoms with Crippen molar-refractivity contribution in [2.24, 2.45) is 11.1 Å². The van der Waals surface area contributed by atoms with E-state index in [1.165, 1.54) is 0 Å². The Kier molecular flexibility index (Phi) is 4.21. The highest BCUT2D eigenvalue weighted by Crippen LogP contribution is 2.31. The summed E-state index contributed by atoms with van der Waals surface area (Å²) in [5.41, 5.74) is 6.49. The van der Waals surface area contributed by atoms with Crippen LogP contribution < -0.4 is 5.73 Å². The summed E-state index contributed by atoms with van der Waals surface area (Å²) in [6.07, 6.45) is 2.57. The number of rotatable bonds is 4. The molecular formula is C12H15Cl2N. The Morgan fingerprint density at radius 1 is 1.40 bits per heavy atom. The summed E-state index contributed by atoms with van der Waals surface area (Å²) in [4.78, 5) is 0. The van der Waals surface area contributed by atoms with Crippen LogP contribution in [0.2, 0.25) is 10.0 Å². The number of halogens is 2. The van der Waals surface area contributed by atoms with Crippen LogP contribution in [-0.4, -0.2) is 6.54 Å². The summed E-state index contributed by atoms with van der Waals surface area (Å²) in [5.74, 6) is 0. The molecule has 0 bridgehead atoms. The predicted molar refractivity (Wildman–Crippen MR) is 67.5 cm³/mol. The van der Waals surface area contributed by atoms with E-state index in [1.807, 2.05) is 31.2 Å². The second-order valence-corrected chi connectivity index (χ2v) is 4.75. The van der Waals surface area contributed by atoms with E-state index < -0.39 is 0 Å². The molecule has 0 fully saturated rings. The van der Waals surface area contributed by atoms with Gasteiger partial charge in [-0.3, -0.25) is 0 Å². The second-order valence-electron chi connectivity index (χ2n) is 3.94. The molecule has 3 heteroatoms. The maximum absolute atomic E-state index is 6.09. The largest absolute Gasteiger partial charge is 0.330 e. The van der Waals surface area contributed by atoms with Crippen molar-refractivity contribution in [2.45, 2.75) is 13.3 Å². The van der Waals surface area contributed by atoms with Crippen molar-refractivity contribution in [1.29, 1.82) is 0 Å². The lowest BCUT2D eigenvalue weighted by Crippen LogP contribution is -2.27. The molecule has 0 radical (unpaired) electrons. The molecule has 0 heterocycles. The SMILES string of the molecule is C=CC(C)(CN)Cc1c(Cl)cccc1Cl. The molecule has 2 N–H and O–H groups in total. The van der Waals surface area contributed by atoms with Crippen molar-refractivity contribution in [3.8, 4) is 0 Å². The van der Waals surface area contributed by atoms with Crippen molar-refractivity contribution in [1.82, 2.24) is 0 Å². The van der Waals surface area contributed by atoms with Gasteiger partial charge in [-0.1, -0.05) is 42.3 Å². The lowest BCUT2D eigenvalue weighted by Gasteiger charge is -2.24. The van der Waals surface area contributed by atoms with Gasteiger partial charge in [0.1, 0.15) is 0 Å². The van der Waals surface area contributed by atoms with Crippen molar-refractivity contribution in [3.63, 3.8) is 0 Å². The highest BCUT2D eigenvalue weighted by atomic mass is 35.5. The molecule has 1 aromatic carbocycles. The topological polar surface area (TPSA) is 26.0 Å². The summed E-state index contributed by atoms with van der Waals surface area (Å²) >= 11 is 12.2. The van der Waals surface area contributed by atoms with Crippen molar-refractivity contribution in [2.75, 3.05) is 6.54 Å². The number of benzene rings is 1.